The predicted molar refractivity (Wildman–Crippen MR) is 68.9 cm³/mol. The molecule has 94 valence electrons. The SMILES string of the molecule is Cc1sc(NC2(C)CCCCC2)nc1C(=O)O. The molecule has 1 heterocycles. The van der Waals surface area contributed by atoms with E-state index < -0.39 is 5.97 Å². The fourth-order valence-electron chi connectivity index (χ4n) is 2.36. The summed E-state index contributed by atoms with van der Waals surface area (Å²) in [7, 11) is 0. The van der Waals surface area contributed by atoms with Crippen molar-refractivity contribution in [2.75, 3.05) is 5.32 Å². The first-order valence-corrected chi connectivity index (χ1v) is 6.81. The van der Waals surface area contributed by atoms with E-state index >= 15 is 0 Å². The number of carboxylic acid groups (broad SMARTS) is 1. The molecule has 0 aromatic carbocycles. The van der Waals surface area contributed by atoms with Crippen molar-refractivity contribution in [1.29, 1.82) is 0 Å². The molecule has 0 unspecified atom stereocenters. The first-order chi connectivity index (χ1) is 8.00. The summed E-state index contributed by atoms with van der Waals surface area (Å²) in [6.07, 6.45) is 6.04. The number of carbonyl (C=O) groups is 1. The minimum Gasteiger partial charge on any atom is -0.476 e. The van der Waals surface area contributed by atoms with Gasteiger partial charge >= 0.3 is 5.97 Å². The van der Waals surface area contributed by atoms with Gasteiger partial charge in [0.2, 0.25) is 0 Å². The third-order valence-corrected chi connectivity index (χ3v) is 4.25. The van der Waals surface area contributed by atoms with Gasteiger partial charge in [-0.1, -0.05) is 19.3 Å². The Hall–Kier alpha value is -1.10. The lowest BCUT2D eigenvalue weighted by molar-refractivity contribution is 0.0690. The molecule has 5 heteroatoms. The molecule has 0 bridgehead atoms. The largest absolute Gasteiger partial charge is 0.476 e. The van der Waals surface area contributed by atoms with Crippen molar-refractivity contribution >= 4 is 22.4 Å². The molecule has 1 saturated carbocycles. The van der Waals surface area contributed by atoms with Gasteiger partial charge in [0, 0.05) is 10.4 Å². The highest BCUT2D eigenvalue weighted by Crippen LogP contribution is 2.33. The number of hydrogen-bond acceptors (Lipinski definition) is 4. The van der Waals surface area contributed by atoms with Crippen LogP contribution in [-0.4, -0.2) is 21.6 Å². The van der Waals surface area contributed by atoms with E-state index in [1.54, 1.807) is 6.92 Å². The molecule has 0 saturated heterocycles. The number of thiazole rings is 1. The van der Waals surface area contributed by atoms with Gasteiger partial charge in [0.05, 0.1) is 0 Å². The molecule has 17 heavy (non-hydrogen) atoms. The molecular weight excluding hydrogens is 236 g/mol. The smallest absolute Gasteiger partial charge is 0.355 e. The molecule has 0 aliphatic heterocycles. The monoisotopic (exact) mass is 254 g/mol. The Morgan fingerprint density at radius 3 is 2.59 bits per heavy atom. The molecular formula is C12H18N2O2S. The Morgan fingerprint density at radius 1 is 1.41 bits per heavy atom. The van der Waals surface area contributed by atoms with Gasteiger partial charge in [-0.25, -0.2) is 9.78 Å². The van der Waals surface area contributed by atoms with Gasteiger partial charge < -0.3 is 10.4 Å². The van der Waals surface area contributed by atoms with Crippen molar-refractivity contribution in [3.8, 4) is 0 Å². The van der Waals surface area contributed by atoms with Crippen molar-refractivity contribution in [1.82, 2.24) is 4.98 Å². The van der Waals surface area contributed by atoms with Crippen LogP contribution in [0.25, 0.3) is 0 Å². The van der Waals surface area contributed by atoms with Crippen LogP contribution < -0.4 is 5.32 Å². The summed E-state index contributed by atoms with van der Waals surface area (Å²) >= 11 is 1.43. The van der Waals surface area contributed by atoms with Crippen LogP contribution in [-0.2, 0) is 0 Å². The van der Waals surface area contributed by atoms with Gasteiger partial charge in [-0.2, -0.15) is 0 Å². The number of aromatic carboxylic acids is 1. The molecule has 2 rings (SSSR count). The molecule has 0 radical (unpaired) electrons. The van der Waals surface area contributed by atoms with Crippen molar-refractivity contribution < 1.29 is 9.90 Å². The maximum absolute atomic E-state index is 10.9. The Bertz CT molecular complexity index is 422. The van der Waals surface area contributed by atoms with Gasteiger partial charge in [0.15, 0.2) is 10.8 Å². The number of carboxylic acids is 1. The Labute approximate surface area is 105 Å². The van der Waals surface area contributed by atoms with E-state index in [0.29, 0.717) is 0 Å². The molecule has 1 aliphatic carbocycles. The molecule has 0 atom stereocenters. The summed E-state index contributed by atoms with van der Waals surface area (Å²) in [5.41, 5.74) is 0.259. The van der Waals surface area contributed by atoms with Crippen LogP contribution in [0, 0.1) is 6.92 Å². The van der Waals surface area contributed by atoms with E-state index in [1.165, 1.54) is 30.6 Å². The predicted octanol–water partition coefficient (Wildman–Crippen LogP) is 3.28. The molecule has 0 amide bonds. The van der Waals surface area contributed by atoms with Crippen LogP contribution in [0.2, 0.25) is 0 Å². The molecule has 4 nitrogen and oxygen atoms in total. The van der Waals surface area contributed by atoms with Gasteiger partial charge in [0.1, 0.15) is 0 Å². The number of rotatable bonds is 3. The summed E-state index contributed by atoms with van der Waals surface area (Å²) < 4.78 is 0. The van der Waals surface area contributed by atoms with Crippen LogP contribution in [0.3, 0.4) is 0 Å². The van der Waals surface area contributed by atoms with Crippen LogP contribution in [0.1, 0.15) is 54.4 Å². The van der Waals surface area contributed by atoms with E-state index in [0.717, 1.165) is 22.9 Å². The molecule has 1 aromatic heterocycles. The van der Waals surface area contributed by atoms with Gasteiger partial charge in [-0.3, -0.25) is 0 Å². The number of hydrogen-bond donors (Lipinski definition) is 2. The van der Waals surface area contributed by atoms with Crippen molar-refractivity contribution in [2.24, 2.45) is 0 Å². The third kappa shape index (κ3) is 2.77. The quantitative estimate of drug-likeness (QED) is 0.869. The topological polar surface area (TPSA) is 62.2 Å². The lowest BCUT2D eigenvalue weighted by atomic mass is 9.83. The average molecular weight is 254 g/mol. The fraction of sp³-hybridized carbons (Fsp3) is 0.667. The van der Waals surface area contributed by atoms with Gasteiger partial charge in [-0.15, -0.1) is 11.3 Å². The molecule has 0 spiro atoms. The summed E-state index contributed by atoms with van der Waals surface area (Å²) in [6, 6.07) is 0. The van der Waals surface area contributed by atoms with E-state index in [-0.39, 0.29) is 11.2 Å². The van der Waals surface area contributed by atoms with Crippen molar-refractivity contribution in [3.05, 3.63) is 10.6 Å². The van der Waals surface area contributed by atoms with Gasteiger partial charge in [-0.05, 0) is 26.7 Å². The second-order valence-corrected chi connectivity index (χ2v) is 6.18. The summed E-state index contributed by atoms with van der Waals surface area (Å²) in [4.78, 5) is 15.8. The highest BCUT2D eigenvalue weighted by molar-refractivity contribution is 7.15. The lowest BCUT2D eigenvalue weighted by Crippen LogP contribution is -2.36. The van der Waals surface area contributed by atoms with E-state index in [2.05, 4.69) is 17.2 Å². The van der Waals surface area contributed by atoms with E-state index in [1.807, 2.05) is 0 Å². The normalized spacial score (nSPS) is 18.9. The number of aromatic nitrogens is 1. The van der Waals surface area contributed by atoms with Crippen LogP contribution in [0.5, 0.6) is 0 Å². The number of nitrogens with one attached hydrogen (secondary N) is 1. The maximum Gasteiger partial charge on any atom is 0.355 e. The molecule has 1 aliphatic rings. The highest BCUT2D eigenvalue weighted by atomic mass is 32.1. The summed E-state index contributed by atoms with van der Waals surface area (Å²) in [5, 5.41) is 13.1. The second kappa shape index (κ2) is 4.64. The summed E-state index contributed by atoms with van der Waals surface area (Å²) in [6.45, 7) is 4.00. The zero-order chi connectivity index (χ0) is 12.5. The van der Waals surface area contributed by atoms with Crippen molar-refractivity contribution in [2.45, 2.75) is 51.5 Å². The molecule has 2 N–H and O–H groups in total. The van der Waals surface area contributed by atoms with Crippen LogP contribution in [0.4, 0.5) is 5.13 Å². The molecule has 1 fully saturated rings. The highest BCUT2D eigenvalue weighted by Gasteiger charge is 2.28. The number of nitrogens with zero attached hydrogens (tertiary/aromatic N) is 1. The number of aryl methyl sites for hydroxylation is 1. The summed E-state index contributed by atoms with van der Waals surface area (Å²) in [5.74, 6) is -0.944. The van der Waals surface area contributed by atoms with Crippen LogP contribution >= 0.6 is 11.3 Å². The lowest BCUT2D eigenvalue weighted by Gasteiger charge is -2.34. The second-order valence-electron chi connectivity index (χ2n) is 4.98. The molecule has 1 aromatic rings. The first kappa shape index (κ1) is 12.4. The minimum absolute atomic E-state index is 0.0817. The first-order valence-electron chi connectivity index (χ1n) is 5.99. The third-order valence-electron chi connectivity index (χ3n) is 3.36. The minimum atomic E-state index is -0.944. The van der Waals surface area contributed by atoms with Crippen molar-refractivity contribution in [3.63, 3.8) is 0 Å². The Balaban J connectivity index is 2.13. The Morgan fingerprint density at radius 2 is 2.06 bits per heavy atom. The Kier molecular flexibility index (Phi) is 3.38. The average Bonchev–Trinajstić information content (AvgIpc) is 2.59. The fourth-order valence-corrected chi connectivity index (χ4v) is 3.32. The maximum atomic E-state index is 10.9. The zero-order valence-electron chi connectivity index (χ0n) is 10.2. The standard InChI is InChI=1S/C12H18N2O2S/c1-8-9(10(15)16)13-11(17-8)14-12(2)6-4-3-5-7-12/h3-7H2,1-2H3,(H,13,14)(H,15,16). The van der Waals surface area contributed by atoms with E-state index in [9.17, 15) is 4.79 Å². The van der Waals surface area contributed by atoms with E-state index in [4.69, 9.17) is 5.11 Å². The zero-order valence-corrected chi connectivity index (χ0v) is 11.1. The van der Waals surface area contributed by atoms with Crippen LogP contribution in [0.15, 0.2) is 0 Å². The number of anilines is 1. The van der Waals surface area contributed by atoms with Gasteiger partial charge in [0.25, 0.3) is 0 Å².